The quantitative estimate of drug-likeness (QED) is 0.841. The fraction of sp³-hybridized carbons (Fsp3) is 0.571. The second kappa shape index (κ2) is 7.56. The molecule has 0 aliphatic heterocycles. The molecule has 2 amide bonds. The molecule has 0 aromatic carbocycles. The van der Waals surface area contributed by atoms with E-state index in [9.17, 15) is 9.59 Å². The summed E-state index contributed by atoms with van der Waals surface area (Å²) in [5.41, 5.74) is 0.272. The Morgan fingerprint density at radius 3 is 2.24 bits per heavy atom. The van der Waals surface area contributed by atoms with Gasteiger partial charge in [-0.15, -0.1) is 10.2 Å². The van der Waals surface area contributed by atoms with Crippen LogP contribution in [0.5, 0.6) is 0 Å². The minimum atomic E-state index is -0.394. The van der Waals surface area contributed by atoms with Crippen LogP contribution < -0.4 is 5.32 Å². The maximum atomic E-state index is 12.1. The topological polar surface area (TPSA) is 78.4 Å². The predicted octanol–water partition coefficient (Wildman–Crippen LogP) is 0.847. The Morgan fingerprint density at radius 2 is 1.81 bits per heavy atom. The molecular weight excluding hydrogens is 270 g/mol. The van der Waals surface area contributed by atoms with E-state index in [1.165, 1.54) is 4.90 Å². The van der Waals surface area contributed by atoms with E-state index in [0.29, 0.717) is 18.9 Å². The van der Waals surface area contributed by atoms with Crippen LogP contribution in [0.4, 0.5) is 5.82 Å². The maximum absolute atomic E-state index is 12.1. The number of hydrogen-bond acceptors (Lipinski definition) is 5. The van der Waals surface area contributed by atoms with Gasteiger partial charge < -0.3 is 15.1 Å². The number of hydrogen-bond donors (Lipinski definition) is 1. The highest BCUT2D eigenvalue weighted by molar-refractivity contribution is 5.91. The van der Waals surface area contributed by atoms with Gasteiger partial charge in [0, 0.05) is 27.2 Å². The largest absolute Gasteiger partial charge is 0.357 e. The van der Waals surface area contributed by atoms with E-state index in [0.717, 1.165) is 0 Å². The van der Waals surface area contributed by atoms with Crippen molar-refractivity contribution < 1.29 is 9.59 Å². The van der Waals surface area contributed by atoms with E-state index in [-0.39, 0.29) is 17.5 Å². The maximum Gasteiger partial charge on any atom is 0.273 e. The average Bonchev–Trinajstić information content (AvgIpc) is 2.48. The summed E-state index contributed by atoms with van der Waals surface area (Å²) in [7, 11) is 3.31. The van der Waals surface area contributed by atoms with Crippen LogP contribution in [0, 0.1) is 0 Å². The van der Waals surface area contributed by atoms with Crippen LogP contribution in [0.1, 0.15) is 31.3 Å². The summed E-state index contributed by atoms with van der Waals surface area (Å²) in [6.07, 6.45) is 0. The van der Waals surface area contributed by atoms with Crippen LogP contribution in [0.15, 0.2) is 12.1 Å². The molecule has 1 heterocycles. The minimum absolute atomic E-state index is 0.00949. The second-order valence-corrected chi connectivity index (χ2v) is 4.88. The monoisotopic (exact) mass is 293 g/mol. The Kier molecular flexibility index (Phi) is 6.08. The van der Waals surface area contributed by atoms with Gasteiger partial charge in [0.15, 0.2) is 5.69 Å². The van der Waals surface area contributed by atoms with Crippen LogP contribution in [-0.4, -0.2) is 65.0 Å². The van der Waals surface area contributed by atoms with Crippen molar-refractivity contribution >= 4 is 17.6 Å². The van der Waals surface area contributed by atoms with Gasteiger partial charge in [-0.25, -0.2) is 0 Å². The molecule has 1 unspecified atom stereocenters. The third-order valence-electron chi connectivity index (χ3n) is 3.10. The van der Waals surface area contributed by atoms with E-state index in [2.05, 4.69) is 15.5 Å². The van der Waals surface area contributed by atoms with Gasteiger partial charge in [-0.3, -0.25) is 9.59 Å². The molecule has 0 radical (unpaired) electrons. The van der Waals surface area contributed by atoms with Gasteiger partial charge >= 0.3 is 0 Å². The molecule has 116 valence electrons. The molecule has 1 rings (SSSR count). The zero-order valence-electron chi connectivity index (χ0n) is 13.3. The van der Waals surface area contributed by atoms with Gasteiger partial charge in [-0.05, 0) is 32.9 Å². The molecule has 0 aliphatic carbocycles. The first-order valence-corrected chi connectivity index (χ1v) is 7.01. The SMILES string of the molecule is CCN(CC)C(=O)C(C)Nc1ccc(C(=O)N(C)C)nn1. The van der Waals surface area contributed by atoms with Crippen molar-refractivity contribution in [2.45, 2.75) is 26.8 Å². The molecule has 7 nitrogen and oxygen atoms in total. The molecule has 1 atom stereocenters. The second-order valence-electron chi connectivity index (χ2n) is 4.88. The smallest absolute Gasteiger partial charge is 0.273 e. The number of carbonyl (C=O) groups is 2. The Bertz CT molecular complexity index is 483. The van der Waals surface area contributed by atoms with Crippen LogP contribution in [-0.2, 0) is 4.79 Å². The van der Waals surface area contributed by atoms with Gasteiger partial charge in [0.05, 0.1) is 0 Å². The molecule has 1 N–H and O–H groups in total. The zero-order chi connectivity index (χ0) is 16.0. The van der Waals surface area contributed by atoms with Crippen molar-refractivity contribution in [2.24, 2.45) is 0 Å². The number of carbonyl (C=O) groups excluding carboxylic acids is 2. The van der Waals surface area contributed by atoms with Crippen molar-refractivity contribution in [3.8, 4) is 0 Å². The number of likely N-dealkylation sites (N-methyl/N-ethyl adjacent to an activating group) is 1. The fourth-order valence-corrected chi connectivity index (χ4v) is 1.85. The van der Waals surface area contributed by atoms with E-state index in [1.807, 2.05) is 13.8 Å². The van der Waals surface area contributed by atoms with E-state index in [4.69, 9.17) is 0 Å². The molecule has 0 spiro atoms. The first-order chi connectivity index (χ1) is 9.90. The van der Waals surface area contributed by atoms with Gasteiger partial charge in [-0.1, -0.05) is 0 Å². The van der Waals surface area contributed by atoms with Gasteiger partial charge in [-0.2, -0.15) is 0 Å². The third-order valence-corrected chi connectivity index (χ3v) is 3.10. The number of amides is 2. The van der Waals surface area contributed by atoms with Crippen LogP contribution in [0.2, 0.25) is 0 Å². The predicted molar refractivity (Wildman–Crippen MR) is 81.1 cm³/mol. The normalized spacial score (nSPS) is 11.7. The standard InChI is InChI=1S/C14H23N5O2/c1-6-19(7-2)13(20)10(3)15-12-9-8-11(16-17-12)14(21)18(4)5/h8-10H,6-7H2,1-5H3,(H,15,17). The number of nitrogens with one attached hydrogen (secondary N) is 1. The van der Waals surface area contributed by atoms with Crippen molar-refractivity contribution in [1.82, 2.24) is 20.0 Å². The highest BCUT2D eigenvalue weighted by Crippen LogP contribution is 2.07. The van der Waals surface area contributed by atoms with Crippen molar-refractivity contribution in [3.63, 3.8) is 0 Å². The van der Waals surface area contributed by atoms with E-state index < -0.39 is 6.04 Å². The van der Waals surface area contributed by atoms with Gasteiger partial charge in [0.1, 0.15) is 11.9 Å². The molecule has 0 saturated carbocycles. The Balaban J connectivity index is 2.71. The van der Waals surface area contributed by atoms with Crippen molar-refractivity contribution in [2.75, 3.05) is 32.5 Å². The summed E-state index contributed by atoms with van der Waals surface area (Å²) in [4.78, 5) is 27.0. The molecule has 0 fully saturated rings. The fourth-order valence-electron chi connectivity index (χ4n) is 1.85. The number of nitrogens with zero attached hydrogens (tertiary/aromatic N) is 4. The molecule has 0 aliphatic rings. The first kappa shape index (κ1) is 16.9. The molecule has 0 saturated heterocycles. The number of anilines is 1. The highest BCUT2D eigenvalue weighted by Gasteiger charge is 2.18. The Morgan fingerprint density at radius 1 is 1.19 bits per heavy atom. The number of aromatic nitrogens is 2. The Labute approximate surface area is 125 Å². The highest BCUT2D eigenvalue weighted by atomic mass is 16.2. The van der Waals surface area contributed by atoms with Crippen LogP contribution >= 0.6 is 0 Å². The lowest BCUT2D eigenvalue weighted by Gasteiger charge is -2.23. The summed E-state index contributed by atoms with van der Waals surface area (Å²) in [6.45, 7) is 7.00. The Hall–Kier alpha value is -2.18. The van der Waals surface area contributed by atoms with E-state index in [1.54, 1.807) is 38.1 Å². The summed E-state index contributed by atoms with van der Waals surface area (Å²) in [5.74, 6) is 0.273. The van der Waals surface area contributed by atoms with Gasteiger partial charge in [0.2, 0.25) is 5.91 Å². The molecule has 1 aromatic rings. The van der Waals surface area contributed by atoms with Gasteiger partial charge in [0.25, 0.3) is 5.91 Å². The average molecular weight is 293 g/mol. The van der Waals surface area contributed by atoms with Crippen LogP contribution in [0.3, 0.4) is 0 Å². The number of rotatable bonds is 6. The molecule has 1 aromatic heterocycles. The molecular formula is C14H23N5O2. The lowest BCUT2D eigenvalue weighted by Crippen LogP contribution is -2.41. The molecule has 0 bridgehead atoms. The van der Waals surface area contributed by atoms with E-state index >= 15 is 0 Å². The lowest BCUT2D eigenvalue weighted by molar-refractivity contribution is -0.131. The van der Waals surface area contributed by atoms with Crippen molar-refractivity contribution in [1.29, 1.82) is 0 Å². The first-order valence-electron chi connectivity index (χ1n) is 7.01. The zero-order valence-corrected chi connectivity index (χ0v) is 13.3. The summed E-state index contributed by atoms with van der Waals surface area (Å²) < 4.78 is 0. The minimum Gasteiger partial charge on any atom is -0.357 e. The molecule has 21 heavy (non-hydrogen) atoms. The lowest BCUT2D eigenvalue weighted by atomic mass is 10.2. The molecule has 7 heteroatoms. The third kappa shape index (κ3) is 4.40. The summed E-state index contributed by atoms with van der Waals surface area (Å²) in [6, 6.07) is 2.84. The summed E-state index contributed by atoms with van der Waals surface area (Å²) in [5, 5.41) is 10.8. The van der Waals surface area contributed by atoms with Crippen LogP contribution in [0.25, 0.3) is 0 Å². The van der Waals surface area contributed by atoms with Crippen molar-refractivity contribution in [3.05, 3.63) is 17.8 Å². The summed E-state index contributed by atoms with van der Waals surface area (Å²) >= 11 is 0.